The molecule has 0 amide bonds. The second-order valence-electron chi connectivity index (χ2n) is 9.61. The molecule has 4 heterocycles. The fourth-order valence-electron chi connectivity index (χ4n) is 5.47. The summed E-state index contributed by atoms with van der Waals surface area (Å²) in [6.07, 6.45) is 2.42. The number of halogens is 4. The first-order valence-corrected chi connectivity index (χ1v) is 15.7. The van der Waals surface area contributed by atoms with Crippen molar-refractivity contribution in [2.75, 3.05) is 0 Å². The Morgan fingerprint density at radius 2 is 0.921 bits per heavy atom. The van der Waals surface area contributed by atoms with Crippen molar-refractivity contribution in [3.05, 3.63) is 94.6 Å². The van der Waals surface area contributed by atoms with Gasteiger partial charge in [-0.05, 0) is 0 Å². The van der Waals surface area contributed by atoms with E-state index in [4.69, 9.17) is 0 Å². The standard InChI is InChI=1S/C26H24B2F4N4Se2/c1-17-23-15-33-28(31,32)36-20(4)26(38-22-13-9-6-10-14-22)18(2)24(36)16-34(33)27(29,30)35(23)19(3)25(17)37-21-11-7-5-8-12-21/h5-16H,1-4H3. The average Bonchev–Trinajstić information content (AvgIpc) is 3.27. The topological polar surface area (TPSA) is 15.9 Å². The summed E-state index contributed by atoms with van der Waals surface area (Å²) in [6.45, 7) is -2.26. The first kappa shape index (κ1) is 25.5. The number of hydrazine groups is 1. The van der Waals surface area contributed by atoms with Gasteiger partial charge in [-0.2, -0.15) is 0 Å². The summed E-state index contributed by atoms with van der Waals surface area (Å²) >= 11 is -0.473. The maximum atomic E-state index is 16.3. The molecule has 0 aliphatic carbocycles. The van der Waals surface area contributed by atoms with Crippen molar-refractivity contribution < 1.29 is 26.5 Å². The van der Waals surface area contributed by atoms with Gasteiger partial charge in [0.2, 0.25) is 0 Å². The third kappa shape index (κ3) is 3.65. The molecule has 2 aliphatic heterocycles. The Balaban J connectivity index is 1.52. The van der Waals surface area contributed by atoms with E-state index in [2.05, 4.69) is 0 Å². The molecule has 0 N–H and O–H groups in total. The van der Waals surface area contributed by atoms with Gasteiger partial charge in [0.1, 0.15) is 0 Å². The van der Waals surface area contributed by atoms with Crippen molar-refractivity contribution in [2.45, 2.75) is 27.7 Å². The second kappa shape index (κ2) is 8.88. The summed E-state index contributed by atoms with van der Waals surface area (Å²) in [5.41, 5.74) is 2.38. The third-order valence-electron chi connectivity index (χ3n) is 7.31. The second-order valence-corrected chi connectivity index (χ2v) is 14.2. The molecule has 12 heteroatoms. The number of hydrogen-bond donors (Lipinski definition) is 0. The zero-order valence-corrected chi connectivity index (χ0v) is 24.6. The summed E-state index contributed by atoms with van der Waals surface area (Å²) in [5.74, 6) is 0. The Morgan fingerprint density at radius 1 is 0.579 bits per heavy atom. The predicted octanol–water partition coefficient (Wildman–Crippen LogP) is 1.78. The van der Waals surface area contributed by atoms with E-state index in [1.165, 1.54) is 12.4 Å². The summed E-state index contributed by atoms with van der Waals surface area (Å²) in [4.78, 5) is 0. The van der Waals surface area contributed by atoms with Crippen LogP contribution in [-0.4, -0.2) is 74.4 Å². The Kier molecular flexibility index (Phi) is 5.96. The number of benzene rings is 2. The summed E-state index contributed by atoms with van der Waals surface area (Å²) in [6, 6.07) is 19.3. The molecule has 0 saturated carbocycles. The van der Waals surface area contributed by atoms with Crippen molar-refractivity contribution in [1.29, 1.82) is 0 Å². The molecule has 0 bridgehead atoms. The quantitative estimate of drug-likeness (QED) is 0.237. The van der Waals surface area contributed by atoms with Crippen LogP contribution in [0.25, 0.3) is 0 Å². The Bertz CT molecular complexity index is 1540. The van der Waals surface area contributed by atoms with E-state index in [0.717, 1.165) is 26.8 Å². The molecular weight excluding hydrogens is 624 g/mol. The molecule has 0 saturated heterocycles. The molecule has 0 fully saturated rings. The van der Waals surface area contributed by atoms with E-state index in [-0.39, 0.29) is 41.3 Å². The van der Waals surface area contributed by atoms with Gasteiger partial charge in [-0.3, -0.25) is 0 Å². The van der Waals surface area contributed by atoms with Crippen LogP contribution >= 0.6 is 0 Å². The van der Waals surface area contributed by atoms with Crippen LogP contribution in [0.4, 0.5) is 17.3 Å². The van der Waals surface area contributed by atoms with Crippen molar-refractivity contribution in [2.24, 2.45) is 0 Å². The zero-order chi connectivity index (χ0) is 27.0. The monoisotopic (exact) mass is 650 g/mol. The number of aromatic nitrogens is 2. The Hall–Kier alpha value is -2.77. The molecule has 194 valence electrons. The first-order chi connectivity index (χ1) is 18.0. The van der Waals surface area contributed by atoms with Gasteiger partial charge < -0.3 is 0 Å². The predicted molar refractivity (Wildman–Crippen MR) is 148 cm³/mol. The average molecular weight is 648 g/mol. The van der Waals surface area contributed by atoms with E-state index < -0.39 is 13.9 Å². The van der Waals surface area contributed by atoms with Crippen LogP contribution in [0, 0.1) is 27.7 Å². The van der Waals surface area contributed by atoms with Gasteiger partial charge in [0.05, 0.1) is 0 Å². The van der Waals surface area contributed by atoms with Crippen molar-refractivity contribution in [3.8, 4) is 0 Å². The van der Waals surface area contributed by atoms with Crippen molar-refractivity contribution in [1.82, 2.24) is 8.96 Å². The zero-order valence-electron chi connectivity index (χ0n) is 21.2. The normalized spacial score (nSPS) is 16.8. The Morgan fingerprint density at radius 3 is 1.26 bits per heavy atom. The fourth-order valence-corrected chi connectivity index (χ4v) is 9.80. The van der Waals surface area contributed by atoms with E-state index in [9.17, 15) is 0 Å². The van der Waals surface area contributed by atoms with Crippen LogP contribution in [0.3, 0.4) is 0 Å². The molecule has 2 aliphatic rings. The molecule has 4 aromatic rings. The summed E-state index contributed by atoms with van der Waals surface area (Å²) < 4.78 is 71.7. The van der Waals surface area contributed by atoms with Crippen LogP contribution in [0.2, 0.25) is 0 Å². The minimum atomic E-state index is -4.55. The molecule has 0 atom stereocenters. The van der Waals surface area contributed by atoms with Gasteiger partial charge >= 0.3 is 232 Å². The molecule has 0 unspecified atom stereocenters. The molecule has 38 heavy (non-hydrogen) atoms. The Labute approximate surface area is 231 Å². The van der Waals surface area contributed by atoms with Crippen LogP contribution in [-0.2, 0) is 0 Å². The van der Waals surface area contributed by atoms with E-state index in [0.29, 0.717) is 31.7 Å². The van der Waals surface area contributed by atoms with E-state index >= 15 is 17.3 Å². The number of nitrogens with zero attached hydrogens (tertiary/aromatic N) is 4. The van der Waals surface area contributed by atoms with Crippen LogP contribution in [0.15, 0.2) is 60.7 Å². The number of fused-ring (bicyclic) bond motifs is 3. The fraction of sp³-hybridized carbons (Fsp3) is 0.154. The third-order valence-corrected chi connectivity index (χ3v) is 12.8. The molecule has 6 rings (SSSR count). The van der Waals surface area contributed by atoms with Crippen LogP contribution in [0.5, 0.6) is 0 Å². The summed E-state index contributed by atoms with van der Waals surface area (Å²) in [5, 5.41) is 0. The maximum absolute atomic E-state index is 16.3. The minimum absolute atomic E-state index is 0.144. The molecule has 0 spiro atoms. The van der Waals surface area contributed by atoms with Gasteiger partial charge in [0.25, 0.3) is 0 Å². The molecule has 4 nitrogen and oxygen atoms in total. The van der Waals surface area contributed by atoms with Crippen molar-refractivity contribution >= 4 is 74.1 Å². The SMILES string of the molecule is Cc1c([Se]c2ccccc2)c(C)n2c1C=[N+]1[N+](=Cc3c(C)c([Se]c4ccccc4)c(C)n3[B-]1(F)F)[B-]2(F)F. The van der Waals surface area contributed by atoms with Gasteiger partial charge in [0.15, 0.2) is 0 Å². The number of hydrogen-bond acceptors (Lipinski definition) is 0. The first-order valence-electron chi connectivity index (χ1n) is 12.2. The van der Waals surface area contributed by atoms with Gasteiger partial charge in [-0.15, -0.1) is 0 Å². The van der Waals surface area contributed by atoms with E-state index in [1.807, 2.05) is 60.7 Å². The molecular formula is C26H24B2F4N4Se2. The van der Waals surface area contributed by atoms with Crippen LogP contribution < -0.4 is 17.8 Å². The van der Waals surface area contributed by atoms with Gasteiger partial charge in [0, 0.05) is 0 Å². The summed E-state index contributed by atoms with van der Waals surface area (Å²) in [7, 11) is 0. The molecule has 2 aromatic carbocycles. The molecule has 0 radical (unpaired) electrons. The number of hydrazone groups is 2. The molecule has 2 aromatic heterocycles. The van der Waals surface area contributed by atoms with E-state index in [1.54, 1.807) is 27.7 Å². The van der Waals surface area contributed by atoms with Crippen molar-refractivity contribution in [3.63, 3.8) is 0 Å². The van der Waals surface area contributed by atoms with Crippen LogP contribution in [0.1, 0.15) is 33.9 Å². The van der Waals surface area contributed by atoms with Gasteiger partial charge in [-0.1, -0.05) is 0 Å². The number of rotatable bonds is 4. The van der Waals surface area contributed by atoms with Gasteiger partial charge in [-0.25, -0.2) is 0 Å².